The average Bonchev–Trinajstić information content (AvgIpc) is 2.32. The lowest BCUT2D eigenvalue weighted by atomic mass is 10.1. The van der Waals surface area contributed by atoms with Crippen molar-refractivity contribution in [3.8, 4) is 0 Å². The molecule has 0 saturated carbocycles. The van der Waals surface area contributed by atoms with Gasteiger partial charge in [-0.25, -0.2) is 4.39 Å². The molecule has 0 radical (unpaired) electrons. The molecule has 0 amide bonds. The molecule has 96 valence electrons. The number of hydrogen-bond acceptors (Lipinski definition) is 1. The van der Waals surface area contributed by atoms with Crippen LogP contribution in [0.1, 0.15) is 44.6 Å². The summed E-state index contributed by atoms with van der Waals surface area (Å²) in [5.74, 6) is -0.352. The third-order valence-electron chi connectivity index (χ3n) is 2.77. The normalized spacial score (nSPS) is 10.8. The van der Waals surface area contributed by atoms with Gasteiger partial charge in [0.1, 0.15) is 5.82 Å². The molecule has 1 rings (SSSR count). The van der Waals surface area contributed by atoms with Crippen molar-refractivity contribution in [2.75, 3.05) is 6.54 Å². The fraction of sp³-hybridized carbons (Fsp3) is 0.571. The van der Waals surface area contributed by atoms with Crippen LogP contribution in [0, 0.1) is 5.82 Å². The van der Waals surface area contributed by atoms with E-state index in [-0.39, 0.29) is 10.8 Å². The quantitative estimate of drug-likeness (QED) is 0.675. The minimum atomic E-state index is -0.352. The van der Waals surface area contributed by atoms with E-state index in [0.717, 1.165) is 18.7 Å². The Kier molecular flexibility index (Phi) is 7.22. The molecule has 3 heteroatoms. The minimum absolute atomic E-state index is 0.201. The Balaban J connectivity index is 2.11. The van der Waals surface area contributed by atoms with Gasteiger partial charge in [0.05, 0.1) is 5.02 Å². The Hall–Kier alpha value is -0.600. The molecule has 0 bridgehead atoms. The molecule has 0 heterocycles. The summed E-state index contributed by atoms with van der Waals surface area (Å²) in [6.45, 7) is 3.99. The largest absolute Gasteiger partial charge is 0.313 e. The van der Waals surface area contributed by atoms with E-state index < -0.39 is 0 Å². The highest BCUT2D eigenvalue weighted by Crippen LogP contribution is 2.15. The molecule has 0 aliphatic heterocycles. The van der Waals surface area contributed by atoms with Crippen molar-refractivity contribution in [3.05, 3.63) is 34.6 Å². The van der Waals surface area contributed by atoms with E-state index in [4.69, 9.17) is 11.6 Å². The molecule has 0 aliphatic carbocycles. The van der Waals surface area contributed by atoms with Crippen molar-refractivity contribution in [3.63, 3.8) is 0 Å². The lowest BCUT2D eigenvalue weighted by Crippen LogP contribution is -2.14. The average molecular weight is 258 g/mol. The van der Waals surface area contributed by atoms with Crippen LogP contribution in [0.5, 0.6) is 0 Å². The molecule has 0 unspecified atom stereocenters. The van der Waals surface area contributed by atoms with Gasteiger partial charge < -0.3 is 5.32 Å². The molecule has 0 spiro atoms. The minimum Gasteiger partial charge on any atom is -0.313 e. The van der Waals surface area contributed by atoms with Crippen LogP contribution in [0.25, 0.3) is 0 Å². The van der Waals surface area contributed by atoms with Gasteiger partial charge >= 0.3 is 0 Å². The predicted octanol–water partition coefficient (Wildman–Crippen LogP) is 4.54. The van der Waals surface area contributed by atoms with Crippen LogP contribution in [0.2, 0.25) is 5.02 Å². The highest BCUT2D eigenvalue weighted by atomic mass is 35.5. The van der Waals surface area contributed by atoms with Crippen LogP contribution in [0.4, 0.5) is 4.39 Å². The maximum absolute atomic E-state index is 12.9. The van der Waals surface area contributed by atoms with Gasteiger partial charge in [0.25, 0.3) is 0 Å². The van der Waals surface area contributed by atoms with Gasteiger partial charge in [-0.1, -0.05) is 50.3 Å². The van der Waals surface area contributed by atoms with E-state index in [9.17, 15) is 4.39 Å². The van der Waals surface area contributed by atoms with Gasteiger partial charge in [-0.3, -0.25) is 0 Å². The van der Waals surface area contributed by atoms with Crippen LogP contribution in [0.15, 0.2) is 18.2 Å². The van der Waals surface area contributed by atoms with Crippen LogP contribution >= 0.6 is 11.6 Å². The Morgan fingerprint density at radius 3 is 2.65 bits per heavy atom. The Bertz CT molecular complexity index is 328. The van der Waals surface area contributed by atoms with E-state index in [1.165, 1.54) is 38.2 Å². The van der Waals surface area contributed by atoms with Crippen LogP contribution in [0.3, 0.4) is 0 Å². The van der Waals surface area contributed by atoms with E-state index in [1.54, 1.807) is 12.1 Å². The molecule has 0 aliphatic rings. The zero-order chi connectivity index (χ0) is 12.5. The molecule has 0 aromatic heterocycles. The lowest BCUT2D eigenvalue weighted by Gasteiger charge is -2.05. The van der Waals surface area contributed by atoms with Gasteiger partial charge in [-0.15, -0.1) is 0 Å². The first-order valence-electron chi connectivity index (χ1n) is 6.38. The summed E-state index contributed by atoms with van der Waals surface area (Å²) in [6.07, 6.45) is 6.41. The monoisotopic (exact) mass is 257 g/mol. The Morgan fingerprint density at radius 2 is 1.94 bits per heavy atom. The molecular weight excluding hydrogens is 237 g/mol. The number of nitrogens with one attached hydrogen (secondary N) is 1. The fourth-order valence-corrected chi connectivity index (χ4v) is 1.94. The number of hydrogen-bond donors (Lipinski definition) is 1. The van der Waals surface area contributed by atoms with Crippen molar-refractivity contribution in [2.24, 2.45) is 0 Å². The SMILES string of the molecule is CCCCCCCNCc1ccc(F)c(Cl)c1. The molecule has 1 N–H and O–H groups in total. The number of halogens is 2. The summed E-state index contributed by atoms with van der Waals surface area (Å²) < 4.78 is 12.9. The second kappa shape index (κ2) is 8.48. The molecule has 1 aromatic rings. The highest BCUT2D eigenvalue weighted by Gasteiger charge is 2.00. The first kappa shape index (κ1) is 14.5. The first-order chi connectivity index (χ1) is 8.24. The first-order valence-corrected chi connectivity index (χ1v) is 6.76. The molecular formula is C14H21ClFN. The van der Waals surface area contributed by atoms with Crippen molar-refractivity contribution >= 4 is 11.6 Å². The van der Waals surface area contributed by atoms with Crippen LogP contribution < -0.4 is 5.32 Å². The van der Waals surface area contributed by atoms with E-state index in [2.05, 4.69) is 12.2 Å². The molecule has 1 aromatic carbocycles. The third kappa shape index (κ3) is 6.04. The van der Waals surface area contributed by atoms with Gasteiger partial charge in [-0.05, 0) is 30.7 Å². The van der Waals surface area contributed by atoms with Gasteiger partial charge in [0, 0.05) is 6.54 Å². The fourth-order valence-electron chi connectivity index (χ4n) is 1.74. The van der Waals surface area contributed by atoms with E-state index in [0.29, 0.717) is 0 Å². The van der Waals surface area contributed by atoms with Crippen LogP contribution in [-0.4, -0.2) is 6.54 Å². The van der Waals surface area contributed by atoms with Crippen molar-refractivity contribution in [2.45, 2.75) is 45.6 Å². The van der Waals surface area contributed by atoms with Gasteiger partial charge in [0.15, 0.2) is 0 Å². The zero-order valence-corrected chi connectivity index (χ0v) is 11.2. The second-order valence-corrected chi connectivity index (χ2v) is 4.75. The number of unbranched alkanes of at least 4 members (excludes halogenated alkanes) is 4. The Labute approximate surface area is 108 Å². The standard InChI is InChI=1S/C14H21ClFN/c1-2-3-4-5-6-9-17-11-12-7-8-14(16)13(15)10-12/h7-8,10,17H,2-6,9,11H2,1H3. The van der Waals surface area contributed by atoms with E-state index >= 15 is 0 Å². The molecule has 17 heavy (non-hydrogen) atoms. The lowest BCUT2D eigenvalue weighted by molar-refractivity contribution is 0.582. The summed E-state index contributed by atoms with van der Waals surface area (Å²) in [6, 6.07) is 4.87. The molecule has 0 atom stereocenters. The van der Waals surface area contributed by atoms with Crippen molar-refractivity contribution in [1.29, 1.82) is 0 Å². The summed E-state index contributed by atoms with van der Waals surface area (Å²) >= 11 is 5.71. The van der Waals surface area contributed by atoms with Crippen LogP contribution in [-0.2, 0) is 6.54 Å². The second-order valence-electron chi connectivity index (χ2n) is 4.34. The maximum atomic E-state index is 12.9. The van der Waals surface area contributed by atoms with Crippen molar-refractivity contribution < 1.29 is 4.39 Å². The molecule has 1 nitrogen and oxygen atoms in total. The summed E-state index contributed by atoms with van der Waals surface area (Å²) in [5, 5.41) is 3.55. The maximum Gasteiger partial charge on any atom is 0.141 e. The highest BCUT2D eigenvalue weighted by molar-refractivity contribution is 6.30. The predicted molar refractivity (Wildman–Crippen MR) is 71.9 cm³/mol. The Morgan fingerprint density at radius 1 is 1.18 bits per heavy atom. The van der Waals surface area contributed by atoms with Crippen molar-refractivity contribution in [1.82, 2.24) is 5.32 Å². The summed E-state index contributed by atoms with van der Waals surface area (Å²) in [5.41, 5.74) is 1.03. The number of rotatable bonds is 8. The number of benzene rings is 1. The third-order valence-corrected chi connectivity index (χ3v) is 3.06. The summed E-state index contributed by atoms with van der Waals surface area (Å²) in [7, 11) is 0. The topological polar surface area (TPSA) is 12.0 Å². The smallest absolute Gasteiger partial charge is 0.141 e. The van der Waals surface area contributed by atoms with Gasteiger partial charge in [-0.2, -0.15) is 0 Å². The van der Waals surface area contributed by atoms with E-state index in [1.807, 2.05) is 0 Å². The molecule has 0 fully saturated rings. The summed E-state index contributed by atoms with van der Waals surface area (Å²) in [4.78, 5) is 0. The molecule has 0 saturated heterocycles. The zero-order valence-electron chi connectivity index (χ0n) is 10.4. The van der Waals surface area contributed by atoms with Gasteiger partial charge in [0.2, 0.25) is 0 Å².